The minimum Gasteiger partial charge on any atom is -0.361 e. The summed E-state index contributed by atoms with van der Waals surface area (Å²) in [5.41, 5.74) is 1.61. The zero-order valence-electron chi connectivity index (χ0n) is 18.0. The van der Waals surface area contributed by atoms with Crippen molar-refractivity contribution in [1.82, 2.24) is 4.72 Å². The van der Waals surface area contributed by atoms with Gasteiger partial charge in [0.05, 0.1) is 28.5 Å². The first kappa shape index (κ1) is 21.1. The van der Waals surface area contributed by atoms with Gasteiger partial charge in [0.1, 0.15) is 5.60 Å². The molecule has 2 aromatic rings. The number of fused-ring (bicyclic) bond motifs is 5. The van der Waals surface area contributed by atoms with Crippen LogP contribution >= 0.6 is 0 Å². The van der Waals surface area contributed by atoms with Gasteiger partial charge in [-0.3, -0.25) is 9.59 Å². The summed E-state index contributed by atoms with van der Waals surface area (Å²) in [7, 11) is -3.85. The Bertz CT molecular complexity index is 1250. The Kier molecular flexibility index (Phi) is 4.67. The zero-order chi connectivity index (χ0) is 22.8. The first-order valence-corrected chi connectivity index (χ1v) is 12.0. The largest absolute Gasteiger partial charge is 0.361 e. The van der Waals surface area contributed by atoms with Gasteiger partial charge in [0, 0.05) is 6.54 Å². The molecule has 3 aliphatic rings. The van der Waals surface area contributed by atoms with Crippen LogP contribution in [0.3, 0.4) is 0 Å². The van der Waals surface area contributed by atoms with Crippen LogP contribution in [0.2, 0.25) is 0 Å². The van der Waals surface area contributed by atoms with Gasteiger partial charge in [-0.05, 0) is 44.0 Å². The molecule has 0 unspecified atom stereocenters. The SMILES string of the molecule is Cc1cc(C)c(S(=O)(=O)NC[C@]23C=C[C@H](O2)[C@@H]2C(=O)N(c4ccccc4)C(=O)[C@@H]23)c(C)c1. The van der Waals surface area contributed by atoms with Crippen LogP contribution < -0.4 is 9.62 Å². The Balaban J connectivity index is 1.45. The summed E-state index contributed by atoms with van der Waals surface area (Å²) in [4.78, 5) is 27.9. The van der Waals surface area contributed by atoms with Crippen LogP contribution in [0.5, 0.6) is 0 Å². The van der Waals surface area contributed by atoms with Crippen molar-refractivity contribution in [3.8, 4) is 0 Å². The molecule has 0 spiro atoms. The average molecular weight is 453 g/mol. The van der Waals surface area contributed by atoms with E-state index in [0.29, 0.717) is 16.8 Å². The molecular formula is C24H24N2O5S. The average Bonchev–Trinajstić information content (AvgIpc) is 3.37. The molecule has 4 atom stereocenters. The standard InChI is InChI=1S/C24H24N2O5S/c1-14-11-15(2)21(16(3)12-14)32(29,30)25-13-24-10-9-18(31-24)19-20(24)23(28)26(22(19)27)17-7-5-4-6-8-17/h4-12,18-20,25H,13H2,1-3H3/t18-,19-,20+,24-/m0/s1. The fourth-order valence-electron chi connectivity index (χ4n) is 5.41. The summed E-state index contributed by atoms with van der Waals surface area (Å²) in [5, 5.41) is 0. The second kappa shape index (κ2) is 7.10. The number of imide groups is 1. The Morgan fingerprint density at radius 3 is 2.34 bits per heavy atom. The van der Waals surface area contributed by atoms with Crippen LogP contribution in [0, 0.1) is 32.6 Å². The highest BCUT2D eigenvalue weighted by molar-refractivity contribution is 7.89. The predicted molar refractivity (Wildman–Crippen MR) is 119 cm³/mol. The van der Waals surface area contributed by atoms with Crippen LogP contribution in [0.25, 0.3) is 0 Å². The molecule has 0 aliphatic carbocycles. The number of rotatable bonds is 5. The number of sulfonamides is 1. The van der Waals surface area contributed by atoms with Crippen LogP contribution in [0.15, 0.2) is 59.5 Å². The second-order valence-electron chi connectivity index (χ2n) is 8.80. The maximum Gasteiger partial charge on any atom is 0.241 e. The summed E-state index contributed by atoms with van der Waals surface area (Å²) in [6.07, 6.45) is 2.95. The van der Waals surface area contributed by atoms with E-state index in [1.807, 2.05) is 25.1 Å². The molecule has 2 bridgehead atoms. The van der Waals surface area contributed by atoms with Crippen molar-refractivity contribution in [2.75, 3.05) is 11.4 Å². The number of hydrogen-bond acceptors (Lipinski definition) is 5. The van der Waals surface area contributed by atoms with E-state index in [-0.39, 0.29) is 23.3 Å². The number of benzene rings is 2. The molecular weight excluding hydrogens is 428 g/mol. The van der Waals surface area contributed by atoms with E-state index in [4.69, 9.17) is 4.74 Å². The van der Waals surface area contributed by atoms with E-state index in [0.717, 1.165) is 5.56 Å². The molecule has 1 N–H and O–H groups in total. The fourth-order valence-corrected chi connectivity index (χ4v) is 6.93. The summed E-state index contributed by atoms with van der Waals surface area (Å²) in [5.74, 6) is -2.09. The van der Waals surface area contributed by atoms with Gasteiger partial charge in [0.2, 0.25) is 21.8 Å². The van der Waals surface area contributed by atoms with Crippen molar-refractivity contribution < 1.29 is 22.7 Å². The number of carbonyl (C=O) groups excluding carboxylic acids is 2. The van der Waals surface area contributed by atoms with Gasteiger partial charge in [-0.2, -0.15) is 0 Å². The summed E-state index contributed by atoms with van der Waals surface area (Å²) in [6, 6.07) is 12.4. The molecule has 0 radical (unpaired) electrons. The number of aryl methyl sites for hydroxylation is 3. The van der Waals surface area contributed by atoms with E-state index in [1.54, 1.807) is 50.3 Å². The van der Waals surface area contributed by atoms with E-state index in [2.05, 4.69) is 4.72 Å². The Labute approximate surface area is 187 Å². The van der Waals surface area contributed by atoms with Gasteiger partial charge in [-0.25, -0.2) is 18.0 Å². The maximum absolute atomic E-state index is 13.3. The smallest absolute Gasteiger partial charge is 0.241 e. The van der Waals surface area contributed by atoms with E-state index >= 15 is 0 Å². The summed E-state index contributed by atoms with van der Waals surface area (Å²) >= 11 is 0. The second-order valence-corrected chi connectivity index (χ2v) is 10.5. The van der Waals surface area contributed by atoms with Crippen molar-refractivity contribution in [3.63, 3.8) is 0 Å². The maximum atomic E-state index is 13.3. The van der Waals surface area contributed by atoms with Crippen molar-refractivity contribution >= 4 is 27.5 Å². The lowest BCUT2D eigenvalue weighted by Gasteiger charge is -2.29. The lowest BCUT2D eigenvalue weighted by Crippen LogP contribution is -2.49. The quantitative estimate of drug-likeness (QED) is 0.556. The third kappa shape index (κ3) is 2.97. The molecule has 2 saturated heterocycles. The Morgan fingerprint density at radius 1 is 1.03 bits per heavy atom. The molecule has 7 nitrogen and oxygen atoms in total. The topological polar surface area (TPSA) is 92.8 Å². The van der Waals surface area contributed by atoms with Gasteiger partial charge in [-0.15, -0.1) is 0 Å². The Morgan fingerprint density at radius 2 is 1.69 bits per heavy atom. The number of para-hydroxylation sites is 1. The minimum atomic E-state index is -3.85. The number of amides is 2. The Hall–Kier alpha value is -2.81. The lowest BCUT2D eigenvalue weighted by atomic mass is 9.77. The van der Waals surface area contributed by atoms with Crippen LogP contribution in [0.1, 0.15) is 16.7 Å². The molecule has 2 amide bonds. The predicted octanol–water partition coefficient (Wildman–Crippen LogP) is 2.40. The summed E-state index contributed by atoms with van der Waals surface area (Å²) < 4.78 is 35.1. The summed E-state index contributed by atoms with van der Waals surface area (Å²) in [6.45, 7) is 5.31. The van der Waals surface area contributed by atoms with Crippen LogP contribution in [-0.2, 0) is 24.3 Å². The number of nitrogens with zero attached hydrogens (tertiary/aromatic N) is 1. The minimum absolute atomic E-state index is 0.127. The van der Waals surface area contributed by atoms with Crippen LogP contribution in [-0.4, -0.2) is 38.5 Å². The lowest BCUT2D eigenvalue weighted by molar-refractivity contribution is -0.126. The van der Waals surface area contributed by atoms with Gasteiger partial charge in [0.25, 0.3) is 0 Å². The third-order valence-corrected chi connectivity index (χ3v) is 8.29. The van der Waals surface area contributed by atoms with Crippen LogP contribution in [0.4, 0.5) is 5.69 Å². The number of carbonyl (C=O) groups is 2. The molecule has 3 aliphatic heterocycles. The first-order chi connectivity index (χ1) is 15.1. The highest BCUT2D eigenvalue weighted by Gasteiger charge is 2.67. The molecule has 0 saturated carbocycles. The monoisotopic (exact) mass is 452 g/mol. The molecule has 3 heterocycles. The van der Waals surface area contributed by atoms with Gasteiger partial charge in [-0.1, -0.05) is 48.0 Å². The van der Waals surface area contributed by atoms with Crippen molar-refractivity contribution in [2.24, 2.45) is 11.8 Å². The van der Waals surface area contributed by atoms with Crippen molar-refractivity contribution in [3.05, 3.63) is 71.3 Å². The van der Waals surface area contributed by atoms with Gasteiger partial charge in [0.15, 0.2) is 0 Å². The normalized spacial score (nSPS) is 28.6. The highest BCUT2D eigenvalue weighted by atomic mass is 32.2. The number of ether oxygens (including phenoxy) is 1. The number of hydrogen-bond donors (Lipinski definition) is 1. The third-order valence-electron chi connectivity index (χ3n) is 6.58. The molecule has 32 heavy (non-hydrogen) atoms. The zero-order valence-corrected chi connectivity index (χ0v) is 18.8. The highest BCUT2D eigenvalue weighted by Crippen LogP contribution is 2.52. The molecule has 8 heteroatoms. The molecule has 2 fully saturated rings. The van der Waals surface area contributed by atoms with E-state index in [1.165, 1.54) is 4.90 Å². The van der Waals surface area contributed by atoms with Crippen molar-refractivity contribution in [1.29, 1.82) is 0 Å². The van der Waals surface area contributed by atoms with Gasteiger partial charge < -0.3 is 4.74 Å². The number of anilines is 1. The van der Waals surface area contributed by atoms with E-state index < -0.39 is 33.6 Å². The molecule has 166 valence electrons. The molecule has 2 aromatic carbocycles. The molecule has 0 aromatic heterocycles. The fraction of sp³-hybridized carbons (Fsp3) is 0.333. The first-order valence-electron chi connectivity index (χ1n) is 10.5. The molecule has 5 rings (SSSR count). The number of nitrogens with one attached hydrogen (secondary N) is 1. The van der Waals surface area contributed by atoms with E-state index in [9.17, 15) is 18.0 Å². The van der Waals surface area contributed by atoms with Crippen molar-refractivity contribution in [2.45, 2.75) is 37.4 Å². The van der Waals surface area contributed by atoms with Gasteiger partial charge >= 0.3 is 0 Å².